The summed E-state index contributed by atoms with van der Waals surface area (Å²) in [5.74, 6) is -0.279. The first-order valence-corrected chi connectivity index (χ1v) is 10.8. The molecular formula is C21H13Cl4FN4O3. The molecule has 2 aromatic heterocycles. The number of anilines is 1. The van der Waals surface area contributed by atoms with Gasteiger partial charge in [-0.3, -0.25) is 10.1 Å². The van der Waals surface area contributed by atoms with E-state index in [4.69, 9.17) is 55.6 Å². The van der Waals surface area contributed by atoms with Crippen LogP contribution in [0.2, 0.25) is 20.1 Å². The van der Waals surface area contributed by atoms with Crippen LogP contribution in [0.4, 0.5) is 10.3 Å². The molecule has 1 amide bonds. The van der Waals surface area contributed by atoms with Gasteiger partial charge in [0.05, 0.1) is 16.6 Å². The summed E-state index contributed by atoms with van der Waals surface area (Å²) < 4.78 is 25.7. The van der Waals surface area contributed by atoms with Crippen LogP contribution in [0.5, 0.6) is 5.75 Å². The number of furan rings is 1. The summed E-state index contributed by atoms with van der Waals surface area (Å²) in [5.41, 5.74) is 0.650. The molecule has 33 heavy (non-hydrogen) atoms. The van der Waals surface area contributed by atoms with Gasteiger partial charge in [0.15, 0.2) is 11.5 Å². The fourth-order valence-corrected chi connectivity index (χ4v) is 3.96. The van der Waals surface area contributed by atoms with E-state index < -0.39 is 11.7 Å². The van der Waals surface area contributed by atoms with E-state index in [1.54, 1.807) is 12.1 Å². The first kappa shape index (κ1) is 23.4. The summed E-state index contributed by atoms with van der Waals surface area (Å²) in [4.78, 5) is 16.5. The summed E-state index contributed by atoms with van der Waals surface area (Å²) in [5, 5.41) is 7.84. The zero-order chi connectivity index (χ0) is 23.5. The standard InChI is InChI=1S/C21H13Cl4FN4O3/c22-12-5-16(24)19(17(25)6-12)32-9-14-3-4-18(33-14)20(31)28-21-27-10-30(29-21)8-11-1-2-13(26)7-15(11)23/h1-7,10H,8-9H2,(H,28,29,31). The molecule has 0 atom stereocenters. The van der Waals surface area contributed by atoms with Crippen molar-refractivity contribution < 1.29 is 18.3 Å². The van der Waals surface area contributed by atoms with Crippen molar-refractivity contribution in [1.82, 2.24) is 14.8 Å². The highest BCUT2D eigenvalue weighted by Gasteiger charge is 2.16. The molecule has 12 heteroatoms. The summed E-state index contributed by atoms with van der Waals surface area (Å²) in [6.07, 6.45) is 1.41. The van der Waals surface area contributed by atoms with Gasteiger partial charge in [0.1, 0.15) is 24.5 Å². The molecule has 0 aliphatic rings. The van der Waals surface area contributed by atoms with Crippen molar-refractivity contribution in [3.05, 3.63) is 91.8 Å². The van der Waals surface area contributed by atoms with Crippen molar-refractivity contribution in [3.8, 4) is 5.75 Å². The summed E-state index contributed by atoms with van der Waals surface area (Å²) in [6.45, 7) is 0.236. The van der Waals surface area contributed by atoms with Gasteiger partial charge in [-0.25, -0.2) is 14.1 Å². The van der Waals surface area contributed by atoms with E-state index >= 15 is 0 Å². The zero-order valence-corrected chi connectivity index (χ0v) is 19.5. The number of benzene rings is 2. The zero-order valence-electron chi connectivity index (χ0n) is 16.5. The molecule has 0 saturated heterocycles. The van der Waals surface area contributed by atoms with Gasteiger partial charge in [0, 0.05) is 10.0 Å². The van der Waals surface area contributed by atoms with Gasteiger partial charge in [-0.15, -0.1) is 5.10 Å². The van der Waals surface area contributed by atoms with Crippen molar-refractivity contribution in [2.45, 2.75) is 13.2 Å². The molecule has 0 radical (unpaired) electrons. The molecule has 0 bridgehead atoms. The number of ether oxygens (including phenoxy) is 1. The first-order chi connectivity index (χ1) is 15.8. The third kappa shape index (κ3) is 5.78. The molecule has 4 aromatic rings. The van der Waals surface area contributed by atoms with Crippen LogP contribution in [0.25, 0.3) is 0 Å². The Labute approximate surface area is 207 Å². The molecule has 0 spiro atoms. The number of nitrogens with one attached hydrogen (secondary N) is 1. The van der Waals surface area contributed by atoms with E-state index in [9.17, 15) is 9.18 Å². The quantitative estimate of drug-likeness (QED) is 0.295. The molecule has 2 aromatic carbocycles. The normalized spacial score (nSPS) is 10.9. The van der Waals surface area contributed by atoms with E-state index in [2.05, 4.69) is 15.4 Å². The Morgan fingerprint density at radius 2 is 1.82 bits per heavy atom. The van der Waals surface area contributed by atoms with Crippen LogP contribution in [-0.2, 0) is 13.2 Å². The molecule has 170 valence electrons. The Hall–Kier alpha value is -2.78. The van der Waals surface area contributed by atoms with Crippen LogP contribution in [0, 0.1) is 5.82 Å². The fourth-order valence-electron chi connectivity index (χ4n) is 2.80. The third-order valence-corrected chi connectivity index (χ3v) is 5.45. The fraction of sp³-hybridized carbons (Fsp3) is 0.0952. The van der Waals surface area contributed by atoms with Crippen LogP contribution in [0.3, 0.4) is 0 Å². The lowest BCUT2D eigenvalue weighted by molar-refractivity contribution is 0.0991. The van der Waals surface area contributed by atoms with Crippen molar-refractivity contribution >= 4 is 58.3 Å². The van der Waals surface area contributed by atoms with E-state index in [-0.39, 0.29) is 45.7 Å². The Morgan fingerprint density at radius 3 is 2.55 bits per heavy atom. The minimum absolute atomic E-state index is 0.0142. The van der Waals surface area contributed by atoms with Crippen LogP contribution in [-0.4, -0.2) is 20.7 Å². The molecule has 0 aliphatic heterocycles. The summed E-state index contributed by atoms with van der Waals surface area (Å²) in [6, 6.07) is 10.1. The number of amides is 1. The Kier molecular flexibility index (Phi) is 7.09. The number of hydrogen-bond acceptors (Lipinski definition) is 5. The van der Waals surface area contributed by atoms with Gasteiger partial charge in [-0.2, -0.15) is 0 Å². The lowest BCUT2D eigenvalue weighted by atomic mass is 10.2. The molecule has 7 nitrogen and oxygen atoms in total. The Balaban J connectivity index is 1.36. The second-order valence-electron chi connectivity index (χ2n) is 6.71. The molecular weight excluding hydrogens is 517 g/mol. The minimum Gasteiger partial charge on any atom is -0.483 e. The Bertz CT molecular complexity index is 1300. The number of carbonyl (C=O) groups excluding carboxylic acids is 1. The minimum atomic E-state index is -0.554. The average Bonchev–Trinajstić information content (AvgIpc) is 3.39. The third-order valence-electron chi connectivity index (χ3n) is 4.32. The number of rotatable bonds is 7. The molecule has 2 heterocycles. The second kappa shape index (κ2) is 10.0. The second-order valence-corrected chi connectivity index (χ2v) is 8.37. The van der Waals surface area contributed by atoms with Gasteiger partial charge in [0.2, 0.25) is 5.95 Å². The number of hydrogen-bond donors (Lipinski definition) is 1. The summed E-state index contributed by atoms with van der Waals surface area (Å²) in [7, 11) is 0. The molecule has 1 N–H and O–H groups in total. The largest absolute Gasteiger partial charge is 0.483 e. The number of halogens is 5. The maximum Gasteiger partial charge on any atom is 0.293 e. The predicted molar refractivity (Wildman–Crippen MR) is 123 cm³/mol. The van der Waals surface area contributed by atoms with Gasteiger partial charge < -0.3 is 9.15 Å². The molecule has 0 aliphatic carbocycles. The highest BCUT2D eigenvalue weighted by molar-refractivity contribution is 6.40. The monoisotopic (exact) mass is 528 g/mol. The molecule has 0 unspecified atom stereocenters. The highest BCUT2D eigenvalue weighted by atomic mass is 35.5. The van der Waals surface area contributed by atoms with Gasteiger partial charge in [0.25, 0.3) is 5.91 Å². The van der Waals surface area contributed by atoms with Crippen LogP contribution in [0.15, 0.2) is 53.2 Å². The predicted octanol–water partition coefficient (Wildman–Crippen LogP) is 6.50. The number of nitrogens with zero attached hydrogens (tertiary/aromatic N) is 3. The summed E-state index contributed by atoms with van der Waals surface area (Å²) >= 11 is 24.1. The maximum atomic E-state index is 13.2. The van der Waals surface area contributed by atoms with E-state index in [0.717, 1.165) is 0 Å². The van der Waals surface area contributed by atoms with Crippen LogP contribution in [0.1, 0.15) is 21.9 Å². The first-order valence-electron chi connectivity index (χ1n) is 9.29. The molecule has 0 saturated carbocycles. The van der Waals surface area contributed by atoms with Crippen LogP contribution < -0.4 is 10.1 Å². The van der Waals surface area contributed by atoms with E-state index in [0.29, 0.717) is 16.3 Å². The maximum absolute atomic E-state index is 13.2. The van der Waals surface area contributed by atoms with Crippen molar-refractivity contribution in [1.29, 1.82) is 0 Å². The average molecular weight is 530 g/mol. The smallest absolute Gasteiger partial charge is 0.293 e. The Morgan fingerprint density at radius 1 is 1.06 bits per heavy atom. The molecule has 0 fully saturated rings. The van der Waals surface area contributed by atoms with Crippen molar-refractivity contribution in [3.63, 3.8) is 0 Å². The number of aromatic nitrogens is 3. The van der Waals surface area contributed by atoms with E-state index in [1.807, 2.05) is 0 Å². The van der Waals surface area contributed by atoms with Crippen LogP contribution >= 0.6 is 46.4 Å². The molecule has 4 rings (SSSR count). The highest BCUT2D eigenvalue weighted by Crippen LogP contribution is 2.36. The lowest BCUT2D eigenvalue weighted by Crippen LogP contribution is -2.12. The SMILES string of the molecule is O=C(Nc1ncn(Cc2ccc(F)cc2Cl)n1)c1ccc(COc2c(Cl)cc(Cl)cc2Cl)o1. The van der Waals surface area contributed by atoms with Crippen molar-refractivity contribution in [2.75, 3.05) is 5.32 Å². The topological polar surface area (TPSA) is 82.2 Å². The van der Waals surface area contributed by atoms with E-state index in [1.165, 1.54) is 41.3 Å². The van der Waals surface area contributed by atoms with Gasteiger partial charge in [-0.1, -0.05) is 52.5 Å². The lowest BCUT2D eigenvalue weighted by Gasteiger charge is -2.09. The number of carbonyl (C=O) groups is 1. The van der Waals surface area contributed by atoms with Gasteiger partial charge in [-0.05, 0) is 42.0 Å². The van der Waals surface area contributed by atoms with Gasteiger partial charge >= 0.3 is 0 Å². The van der Waals surface area contributed by atoms with Crippen molar-refractivity contribution in [2.24, 2.45) is 0 Å².